The topological polar surface area (TPSA) is 12.0 Å². The van der Waals surface area contributed by atoms with Crippen LogP contribution in [0.2, 0.25) is 0 Å². The third-order valence-electron chi connectivity index (χ3n) is 3.75. The van der Waals surface area contributed by atoms with Gasteiger partial charge < -0.3 is 5.32 Å². The van der Waals surface area contributed by atoms with E-state index in [2.05, 4.69) is 12.2 Å². The number of benzene rings is 1. The van der Waals surface area contributed by atoms with Gasteiger partial charge in [0.25, 0.3) is 0 Å². The van der Waals surface area contributed by atoms with Crippen molar-refractivity contribution >= 4 is 0 Å². The van der Waals surface area contributed by atoms with Crippen molar-refractivity contribution in [2.45, 2.75) is 45.2 Å². The average molecular weight is 239 g/mol. The molecule has 3 heteroatoms. The van der Waals surface area contributed by atoms with Crippen LogP contribution in [0.5, 0.6) is 0 Å². The third kappa shape index (κ3) is 3.03. The Labute approximate surface area is 101 Å². The van der Waals surface area contributed by atoms with Gasteiger partial charge in [-0.2, -0.15) is 0 Å². The smallest absolute Gasteiger partial charge is 0.126 e. The van der Waals surface area contributed by atoms with Gasteiger partial charge in [-0.3, -0.25) is 0 Å². The highest BCUT2D eigenvalue weighted by atomic mass is 19.1. The van der Waals surface area contributed by atoms with Gasteiger partial charge in [-0.05, 0) is 50.3 Å². The first-order valence-electron chi connectivity index (χ1n) is 6.28. The summed E-state index contributed by atoms with van der Waals surface area (Å²) < 4.78 is 26.2. The van der Waals surface area contributed by atoms with E-state index in [9.17, 15) is 8.78 Å². The average Bonchev–Trinajstić information content (AvgIpc) is 2.12. The summed E-state index contributed by atoms with van der Waals surface area (Å²) in [4.78, 5) is 0. The highest BCUT2D eigenvalue weighted by molar-refractivity contribution is 5.21. The fourth-order valence-corrected chi connectivity index (χ4v) is 2.39. The van der Waals surface area contributed by atoms with Gasteiger partial charge in [-0.15, -0.1) is 0 Å². The second-order valence-electron chi connectivity index (χ2n) is 5.07. The number of halogens is 2. The zero-order valence-electron chi connectivity index (χ0n) is 10.3. The van der Waals surface area contributed by atoms with Gasteiger partial charge in [0.2, 0.25) is 0 Å². The van der Waals surface area contributed by atoms with Crippen LogP contribution in [0.1, 0.15) is 44.7 Å². The highest BCUT2D eigenvalue weighted by Crippen LogP contribution is 2.30. The summed E-state index contributed by atoms with van der Waals surface area (Å²) >= 11 is 0. The molecule has 2 atom stereocenters. The van der Waals surface area contributed by atoms with Gasteiger partial charge in [0, 0.05) is 18.2 Å². The molecule has 0 saturated heterocycles. The van der Waals surface area contributed by atoms with Gasteiger partial charge in [-0.1, -0.05) is 6.42 Å². The third-order valence-corrected chi connectivity index (χ3v) is 3.75. The second kappa shape index (κ2) is 5.13. The standard InChI is InChI=1S/C14H19F2N/c1-9(11-4-3-5-11)17-10(2)12-6-13(15)8-14(16)7-12/h6-11,17H,3-5H2,1-2H3. The molecular weight excluding hydrogens is 220 g/mol. The summed E-state index contributed by atoms with van der Waals surface area (Å²) in [6, 6.07) is 4.09. The highest BCUT2D eigenvalue weighted by Gasteiger charge is 2.25. The number of hydrogen-bond donors (Lipinski definition) is 1. The maximum atomic E-state index is 13.1. The minimum Gasteiger partial charge on any atom is -0.307 e. The van der Waals surface area contributed by atoms with E-state index in [1.165, 1.54) is 31.4 Å². The predicted octanol–water partition coefficient (Wildman–Crippen LogP) is 3.80. The fourth-order valence-electron chi connectivity index (χ4n) is 2.39. The lowest BCUT2D eigenvalue weighted by atomic mass is 9.80. The molecule has 17 heavy (non-hydrogen) atoms. The monoisotopic (exact) mass is 239 g/mol. The van der Waals surface area contributed by atoms with E-state index >= 15 is 0 Å². The Hall–Kier alpha value is -0.960. The van der Waals surface area contributed by atoms with Crippen LogP contribution in [0.4, 0.5) is 8.78 Å². The van der Waals surface area contributed by atoms with Gasteiger partial charge in [-0.25, -0.2) is 8.78 Å². The SMILES string of the molecule is CC(NC(C)C1CCC1)c1cc(F)cc(F)c1. The summed E-state index contributed by atoms with van der Waals surface area (Å²) in [6.45, 7) is 4.10. The first kappa shape index (κ1) is 12.5. The van der Waals surface area contributed by atoms with Crippen molar-refractivity contribution in [3.63, 3.8) is 0 Å². The maximum Gasteiger partial charge on any atom is 0.126 e. The lowest BCUT2D eigenvalue weighted by molar-refractivity contribution is 0.229. The van der Waals surface area contributed by atoms with E-state index in [0.29, 0.717) is 11.6 Å². The minimum absolute atomic E-state index is 0.0178. The molecule has 1 saturated carbocycles. The molecule has 2 rings (SSSR count). The summed E-state index contributed by atoms with van der Waals surface area (Å²) in [6.07, 6.45) is 3.83. The molecule has 94 valence electrons. The Kier molecular flexibility index (Phi) is 3.77. The molecule has 0 aromatic heterocycles. The first-order chi connectivity index (χ1) is 8.06. The molecule has 0 radical (unpaired) electrons. The largest absolute Gasteiger partial charge is 0.307 e. The number of rotatable bonds is 4. The van der Waals surface area contributed by atoms with Crippen LogP contribution in [0.15, 0.2) is 18.2 Å². The Morgan fingerprint density at radius 1 is 1.12 bits per heavy atom. The molecule has 1 N–H and O–H groups in total. The molecule has 1 aromatic carbocycles. The van der Waals surface area contributed by atoms with E-state index in [1.807, 2.05) is 6.92 Å². The molecule has 0 bridgehead atoms. The van der Waals surface area contributed by atoms with Gasteiger partial charge >= 0.3 is 0 Å². The van der Waals surface area contributed by atoms with Gasteiger partial charge in [0.05, 0.1) is 0 Å². The Morgan fingerprint density at radius 2 is 1.71 bits per heavy atom. The van der Waals surface area contributed by atoms with Crippen molar-refractivity contribution in [3.05, 3.63) is 35.4 Å². The summed E-state index contributed by atoms with van der Waals surface area (Å²) in [5.74, 6) is -0.300. The van der Waals surface area contributed by atoms with Crippen LogP contribution in [-0.4, -0.2) is 6.04 Å². The zero-order chi connectivity index (χ0) is 12.4. The van der Waals surface area contributed by atoms with E-state index in [-0.39, 0.29) is 6.04 Å². The molecule has 2 unspecified atom stereocenters. The Balaban J connectivity index is 2.00. The van der Waals surface area contributed by atoms with Crippen molar-refractivity contribution in [3.8, 4) is 0 Å². The predicted molar refractivity (Wildman–Crippen MR) is 64.7 cm³/mol. The van der Waals surface area contributed by atoms with Gasteiger partial charge in [0.1, 0.15) is 11.6 Å². The maximum absolute atomic E-state index is 13.1. The van der Waals surface area contributed by atoms with Crippen LogP contribution in [-0.2, 0) is 0 Å². The van der Waals surface area contributed by atoms with Crippen LogP contribution in [0, 0.1) is 17.6 Å². The summed E-state index contributed by atoms with van der Waals surface area (Å²) in [5.41, 5.74) is 0.675. The van der Waals surface area contributed by atoms with Crippen molar-refractivity contribution in [1.29, 1.82) is 0 Å². The number of nitrogens with one attached hydrogen (secondary N) is 1. The molecular formula is C14H19F2N. The van der Waals surface area contributed by atoms with Crippen molar-refractivity contribution in [1.82, 2.24) is 5.32 Å². The molecule has 1 aliphatic rings. The molecule has 0 heterocycles. The quantitative estimate of drug-likeness (QED) is 0.842. The van der Waals surface area contributed by atoms with Crippen molar-refractivity contribution in [2.75, 3.05) is 0 Å². The summed E-state index contributed by atoms with van der Waals surface area (Å²) in [7, 11) is 0. The van der Waals surface area contributed by atoms with E-state index in [1.54, 1.807) is 0 Å². The van der Waals surface area contributed by atoms with Crippen molar-refractivity contribution < 1.29 is 8.78 Å². The molecule has 1 aliphatic carbocycles. The van der Waals surface area contributed by atoms with Crippen molar-refractivity contribution in [2.24, 2.45) is 5.92 Å². The van der Waals surface area contributed by atoms with Crippen LogP contribution < -0.4 is 5.32 Å². The molecule has 1 aromatic rings. The van der Waals surface area contributed by atoms with E-state index in [0.717, 1.165) is 12.0 Å². The summed E-state index contributed by atoms with van der Waals surface area (Å²) in [5, 5.41) is 3.42. The Bertz CT molecular complexity index is 368. The van der Waals surface area contributed by atoms with Gasteiger partial charge in [0.15, 0.2) is 0 Å². The zero-order valence-corrected chi connectivity index (χ0v) is 10.3. The molecule has 1 nitrogen and oxygen atoms in total. The molecule has 0 spiro atoms. The fraction of sp³-hybridized carbons (Fsp3) is 0.571. The molecule has 1 fully saturated rings. The lowest BCUT2D eigenvalue weighted by Crippen LogP contribution is -2.38. The van der Waals surface area contributed by atoms with Crippen LogP contribution >= 0.6 is 0 Å². The second-order valence-corrected chi connectivity index (χ2v) is 5.07. The number of hydrogen-bond acceptors (Lipinski definition) is 1. The van der Waals surface area contributed by atoms with Crippen LogP contribution in [0.25, 0.3) is 0 Å². The Morgan fingerprint density at radius 3 is 2.18 bits per heavy atom. The molecule has 0 amide bonds. The lowest BCUT2D eigenvalue weighted by Gasteiger charge is -2.34. The van der Waals surface area contributed by atoms with E-state index < -0.39 is 11.6 Å². The molecule has 0 aliphatic heterocycles. The normalized spacial score (nSPS) is 19.8. The first-order valence-corrected chi connectivity index (χ1v) is 6.28. The minimum atomic E-state index is -0.509. The van der Waals surface area contributed by atoms with E-state index in [4.69, 9.17) is 0 Å². The van der Waals surface area contributed by atoms with Crippen LogP contribution in [0.3, 0.4) is 0 Å².